The van der Waals surface area contributed by atoms with Gasteiger partial charge in [0.2, 0.25) is 11.8 Å². The zero-order valence-corrected chi connectivity index (χ0v) is 19.0. The van der Waals surface area contributed by atoms with E-state index in [9.17, 15) is 14.4 Å². The minimum absolute atomic E-state index is 0.0889. The van der Waals surface area contributed by atoms with E-state index >= 15 is 0 Å². The molecule has 172 valence electrons. The molecule has 1 N–H and O–H groups in total. The number of hydrogen-bond acceptors (Lipinski definition) is 5. The normalized spacial score (nSPS) is 26.5. The van der Waals surface area contributed by atoms with Crippen LogP contribution >= 0.6 is 0 Å². The van der Waals surface area contributed by atoms with Gasteiger partial charge in [0.15, 0.2) is 0 Å². The first-order valence-electron chi connectivity index (χ1n) is 12.2. The second kappa shape index (κ2) is 8.94. The number of amides is 3. The first kappa shape index (κ1) is 21.6. The van der Waals surface area contributed by atoms with Crippen LogP contribution in [0.3, 0.4) is 0 Å². The van der Waals surface area contributed by atoms with Crippen LogP contribution < -0.4 is 5.32 Å². The third kappa shape index (κ3) is 4.33. The van der Waals surface area contributed by atoms with Crippen LogP contribution in [-0.4, -0.2) is 78.2 Å². The average Bonchev–Trinajstić information content (AvgIpc) is 3.11. The third-order valence-corrected chi connectivity index (χ3v) is 7.96. The summed E-state index contributed by atoms with van der Waals surface area (Å²) in [7, 11) is 2.22. The highest BCUT2D eigenvalue weighted by Crippen LogP contribution is 2.34. The molecule has 3 fully saturated rings. The molecule has 0 radical (unpaired) electrons. The van der Waals surface area contributed by atoms with Crippen molar-refractivity contribution >= 4 is 17.7 Å². The van der Waals surface area contributed by atoms with E-state index in [4.69, 9.17) is 0 Å². The molecule has 4 heterocycles. The van der Waals surface area contributed by atoms with Gasteiger partial charge in [0, 0.05) is 25.1 Å². The van der Waals surface area contributed by atoms with Gasteiger partial charge in [-0.25, -0.2) is 0 Å². The SMILES string of the molecule is CN1CCC(CN2CCC(c3ccc4c(c3)CN(C3CCC(=O)NC3=O)C4=O)CC2)CC1. The summed E-state index contributed by atoms with van der Waals surface area (Å²) < 4.78 is 0. The number of benzene rings is 1. The first-order valence-corrected chi connectivity index (χ1v) is 12.2. The van der Waals surface area contributed by atoms with Crippen LogP contribution in [0.1, 0.15) is 65.9 Å². The van der Waals surface area contributed by atoms with Crippen LogP contribution in [0, 0.1) is 5.92 Å². The zero-order chi connectivity index (χ0) is 22.2. The van der Waals surface area contributed by atoms with Gasteiger partial charge >= 0.3 is 0 Å². The van der Waals surface area contributed by atoms with Gasteiger partial charge in [-0.15, -0.1) is 0 Å². The van der Waals surface area contributed by atoms with Crippen molar-refractivity contribution < 1.29 is 14.4 Å². The smallest absolute Gasteiger partial charge is 0.255 e. The van der Waals surface area contributed by atoms with E-state index in [0.29, 0.717) is 24.4 Å². The number of imide groups is 1. The molecule has 7 heteroatoms. The molecule has 0 aromatic heterocycles. The maximum Gasteiger partial charge on any atom is 0.255 e. The monoisotopic (exact) mass is 438 g/mol. The quantitative estimate of drug-likeness (QED) is 0.728. The molecule has 4 aliphatic rings. The molecule has 0 saturated carbocycles. The largest absolute Gasteiger partial charge is 0.322 e. The van der Waals surface area contributed by atoms with E-state index in [1.165, 1.54) is 38.0 Å². The third-order valence-electron chi connectivity index (χ3n) is 7.96. The fourth-order valence-corrected chi connectivity index (χ4v) is 5.91. The minimum Gasteiger partial charge on any atom is -0.322 e. The van der Waals surface area contributed by atoms with Crippen molar-refractivity contribution in [3.63, 3.8) is 0 Å². The lowest BCUT2D eigenvalue weighted by atomic mass is 9.87. The van der Waals surface area contributed by atoms with Gasteiger partial charge in [0.1, 0.15) is 6.04 Å². The minimum atomic E-state index is -0.543. The summed E-state index contributed by atoms with van der Waals surface area (Å²) in [6.45, 7) is 6.45. The number of nitrogens with one attached hydrogen (secondary N) is 1. The molecule has 32 heavy (non-hydrogen) atoms. The molecule has 4 aliphatic heterocycles. The highest BCUT2D eigenvalue weighted by Gasteiger charge is 2.39. The molecule has 3 amide bonds. The van der Waals surface area contributed by atoms with Gasteiger partial charge in [0.25, 0.3) is 5.91 Å². The highest BCUT2D eigenvalue weighted by atomic mass is 16.2. The number of fused-ring (bicyclic) bond motifs is 1. The Labute approximate surface area is 190 Å². The lowest BCUT2D eigenvalue weighted by Crippen LogP contribution is -2.52. The fraction of sp³-hybridized carbons (Fsp3) is 0.640. The van der Waals surface area contributed by atoms with Crippen molar-refractivity contribution in [1.82, 2.24) is 20.0 Å². The Balaban J connectivity index is 1.19. The summed E-state index contributed by atoms with van der Waals surface area (Å²) >= 11 is 0. The lowest BCUT2D eigenvalue weighted by Gasteiger charge is -2.37. The second-order valence-corrected chi connectivity index (χ2v) is 10.1. The van der Waals surface area contributed by atoms with E-state index in [1.54, 1.807) is 4.90 Å². The summed E-state index contributed by atoms with van der Waals surface area (Å²) in [6.07, 6.45) is 5.66. The molecule has 3 saturated heterocycles. The van der Waals surface area contributed by atoms with Gasteiger partial charge in [-0.1, -0.05) is 12.1 Å². The van der Waals surface area contributed by atoms with Crippen LogP contribution in [-0.2, 0) is 16.1 Å². The van der Waals surface area contributed by atoms with Crippen molar-refractivity contribution in [3.05, 3.63) is 34.9 Å². The number of rotatable bonds is 4. The van der Waals surface area contributed by atoms with Crippen LogP contribution in [0.25, 0.3) is 0 Å². The summed E-state index contributed by atoms with van der Waals surface area (Å²) in [5.74, 6) is 0.689. The molecular formula is C25H34N4O3. The molecular weight excluding hydrogens is 404 g/mol. The van der Waals surface area contributed by atoms with Crippen LogP contribution in [0.2, 0.25) is 0 Å². The van der Waals surface area contributed by atoms with Gasteiger partial charge in [0.05, 0.1) is 0 Å². The Morgan fingerprint density at radius 1 is 0.969 bits per heavy atom. The Kier molecular flexibility index (Phi) is 6.03. The van der Waals surface area contributed by atoms with E-state index < -0.39 is 6.04 Å². The maximum atomic E-state index is 12.9. The van der Waals surface area contributed by atoms with E-state index in [2.05, 4.69) is 34.3 Å². The fourth-order valence-electron chi connectivity index (χ4n) is 5.91. The zero-order valence-electron chi connectivity index (χ0n) is 19.0. The van der Waals surface area contributed by atoms with Gasteiger partial charge in [-0.05, 0) is 94.4 Å². The number of hydrogen-bond donors (Lipinski definition) is 1. The predicted molar refractivity (Wildman–Crippen MR) is 121 cm³/mol. The number of likely N-dealkylation sites (tertiary alicyclic amines) is 2. The molecule has 7 nitrogen and oxygen atoms in total. The number of nitrogens with zero attached hydrogens (tertiary/aromatic N) is 3. The standard InChI is InChI=1S/C25H34N4O3/c1-27-10-6-17(7-11-27)15-28-12-8-18(9-13-28)19-2-3-21-20(14-19)16-29(25(21)32)22-4-5-23(30)26-24(22)31/h2-3,14,17-18,22H,4-13,15-16H2,1H3,(H,26,30,31). The van der Waals surface area contributed by atoms with Crippen molar-refractivity contribution in [3.8, 4) is 0 Å². The molecule has 0 aliphatic carbocycles. The highest BCUT2D eigenvalue weighted by molar-refractivity contribution is 6.05. The molecule has 0 bridgehead atoms. The van der Waals surface area contributed by atoms with Crippen molar-refractivity contribution in [2.75, 3.05) is 39.8 Å². The van der Waals surface area contributed by atoms with Crippen LogP contribution in [0.5, 0.6) is 0 Å². The molecule has 1 unspecified atom stereocenters. The van der Waals surface area contributed by atoms with Crippen molar-refractivity contribution in [2.45, 2.75) is 57.0 Å². The molecule has 1 aromatic carbocycles. The number of carbonyl (C=O) groups is 3. The Morgan fingerprint density at radius 2 is 1.72 bits per heavy atom. The van der Waals surface area contributed by atoms with Crippen molar-refractivity contribution in [2.24, 2.45) is 5.92 Å². The maximum absolute atomic E-state index is 12.9. The van der Waals surface area contributed by atoms with Crippen molar-refractivity contribution in [1.29, 1.82) is 0 Å². The Bertz CT molecular complexity index is 900. The van der Waals surface area contributed by atoms with Gasteiger partial charge < -0.3 is 14.7 Å². The topological polar surface area (TPSA) is 73.0 Å². The average molecular weight is 439 g/mol. The summed E-state index contributed by atoms with van der Waals surface area (Å²) in [5.41, 5.74) is 3.05. The van der Waals surface area contributed by atoms with Crippen LogP contribution in [0.15, 0.2) is 18.2 Å². The van der Waals surface area contributed by atoms with E-state index in [0.717, 1.165) is 37.4 Å². The predicted octanol–water partition coefficient (Wildman–Crippen LogP) is 1.97. The van der Waals surface area contributed by atoms with E-state index in [-0.39, 0.29) is 24.1 Å². The van der Waals surface area contributed by atoms with Crippen LogP contribution in [0.4, 0.5) is 0 Å². The summed E-state index contributed by atoms with van der Waals surface area (Å²) in [5, 5.41) is 2.37. The summed E-state index contributed by atoms with van der Waals surface area (Å²) in [4.78, 5) is 43.4. The first-order chi connectivity index (χ1) is 15.5. The molecule has 5 rings (SSSR count). The van der Waals surface area contributed by atoms with Gasteiger partial charge in [-0.2, -0.15) is 0 Å². The summed E-state index contributed by atoms with van der Waals surface area (Å²) in [6, 6.07) is 5.71. The molecule has 1 atom stereocenters. The number of piperidine rings is 3. The second-order valence-electron chi connectivity index (χ2n) is 10.1. The Morgan fingerprint density at radius 3 is 2.44 bits per heavy atom. The van der Waals surface area contributed by atoms with E-state index in [1.807, 2.05) is 6.07 Å². The number of carbonyl (C=O) groups excluding carboxylic acids is 3. The Hall–Kier alpha value is -2.25. The van der Waals surface area contributed by atoms with Gasteiger partial charge in [-0.3, -0.25) is 19.7 Å². The lowest BCUT2D eigenvalue weighted by molar-refractivity contribution is -0.136. The molecule has 0 spiro atoms. The molecule has 1 aromatic rings.